The van der Waals surface area contributed by atoms with Gasteiger partial charge >= 0.3 is 5.97 Å². The number of carboxylic acid groups (broad SMARTS) is 1. The summed E-state index contributed by atoms with van der Waals surface area (Å²) in [7, 11) is 0. The molecule has 1 aliphatic rings. The Bertz CT molecular complexity index is 533. The third-order valence-electron chi connectivity index (χ3n) is 3.35. The monoisotopic (exact) mass is 283 g/mol. The van der Waals surface area contributed by atoms with Crippen LogP contribution < -0.4 is 5.32 Å². The van der Waals surface area contributed by atoms with Crippen molar-refractivity contribution in [2.24, 2.45) is 5.92 Å². The Morgan fingerprint density at radius 3 is 2.80 bits per heavy atom. The molecular weight excluding hydrogens is 268 g/mol. The number of amides is 1. The molecule has 0 aliphatic heterocycles. The van der Waals surface area contributed by atoms with Crippen LogP contribution in [0.15, 0.2) is 18.2 Å². The maximum absolute atomic E-state index is 13.5. The lowest BCUT2D eigenvalue weighted by Crippen LogP contribution is -2.26. The molecule has 4 nitrogen and oxygen atoms in total. The van der Waals surface area contributed by atoms with Gasteiger partial charge in [0.05, 0.1) is 0 Å². The summed E-state index contributed by atoms with van der Waals surface area (Å²) in [5, 5.41) is 11.1. The van der Waals surface area contributed by atoms with E-state index in [1.807, 2.05) is 0 Å². The fourth-order valence-electron chi connectivity index (χ4n) is 2.21. The Morgan fingerprint density at radius 1 is 1.35 bits per heavy atom. The normalized spacial score (nSPS) is 20.5. The topological polar surface area (TPSA) is 66.4 Å². The van der Waals surface area contributed by atoms with E-state index in [0.717, 1.165) is 18.2 Å². The molecule has 0 aromatic heterocycles. The number of carbonyl (C=O) groups excluding carboxylic acids is 1. The maximum atomic E-state index is 13.5. The number of rotatable bonds is 6. The Kier molecular flexibility index (Phi) is 4.32. The highest BCUT2D eigenvalue weighted by Gasteiger charge is 2.45. The molecule has 2 rings (SSSR count). The predicted molar refractivity (Wildman–Crippen MR) is 67.1 cm³/mol. The van der Waals surface area contributed by atoms with Crippen LogP contribution >= 0.6 is 0 Å². The van der Waals surface area contributed by atoms with Crippen LogP contribution in [0.25, 0.3) is 0 Å². The summed E-state index contributed by atoms with van der Waals surface area (Å²) in [6.45, 7) is 0.278. The van der Waals surface area contributed by atoms with Gasteiger partial charge < -0.3 is 10.4 Å². The van der Waals surface area contributed by atoms with Gasteiger partial charge in [-0.1, -0.05) is 0 Å². The van der Waals surface area contributed by atoms with E-state index in [9.17, 15) is 18.4 Å². The highest BCUT2D eigenvalue weighted by molar-refractivity contribution is 5.82. The Morgan fingerprint density at radius 2 is 2.10 bits per heavy atom. The number of hydrogen-bond donors (Lipinski definition) is 2. The first-order chi connectivity index (χ1) is 9.49. The number of benzene rings is 1. The molecular formula is C14H15F2NO3. The lowest BCUT2D eigenvalue weighted by Gasteiger charge is -2.05. The summed E-state index contributed by atoms with van der Waals surface area (Å²) in [6.07, 6.45) is 0.838. The van der Waals surface area contributed by atoms with Gasteiger partial charge in [0.1, 0.15) is 11.6 Å². The zero-order valence-corrected chi connectivity index (χ0v) is 10.7. The predicted octanol–water partition coefficient (Wildman–Crippen LogP) is 2.05. The van der Waals surface area contributed by atoms with E-state index < -0.39 is 17.6 Å². The van der Waals surface area contributed by atoms with E-state index in [2.05, 4.69) is 5.32 Å². The highest BCUT2D eigenvalue weighted by Crippen LogP contribution is 2.48. The van der Waals surface area contributed by atoms with Crippen molar-refractivity contribution in [2.75, 3.05) is 6.54 Å². The number of halogens is 2. The summed E-state index contributed by atoms with van der Waals surface area (Å²) >= 11 is 0. The molecule has 0 heterocycles. The van der Waals surface area contributed by atoms with Crippen molar-refractivity contribution in [3.63, 3.8) is 0 Å². The smallest absolute Gasteiger partial charge is 0.303 e. The molecule has 0 spiro atoms. The Balaban J connectivity index is 1.83. The van der Waals surface area contributed by atoms with Gasteiger partial charge in [-0.3, -0.25) is 9.59 Å². The standard InChI is InChI=1S/C14H15F2NO3/c15-8-3-4-12(16)10(6-8)9-7-11(9)14(20)17-5-1-2-13(18)19/h3-4,6,9,11H,1-2,5,7H2,(H,17,20)(H,18,19)/t9-,11-/m1/s1. The van der Waals surface area contributed by atoms with E-state index in [0.29, 0.717) is 12.8 Å². The van der Waals surface area contributed by atoms with E-state index in [4.69, 9.17) is 5.11 Å². The maximum Gasteiger partial charge on any atom is 0.303 e. The van der Waals surface area contributed by atoms with Crippen molar-refractivity contribution >= 4 is 11.9 Å². The van der Waals surface area contributed by atoms with Gasteiger partial charge in [0.2, 0.25) is 5.91 Å². The fraction of sp³-hybridized carbons (Fsp3) is 0.429. The molecule has 1 amide bonds. The van der Waals surface area contributed by atoms with Crippen molar-refractivity contribution in [1.29, 1.82) is 0 Å². The lowest BCUT2D eigenvalue weighted by molar-refractivity contribution is -0.137. The second kappa shape index (κ2) is 5.98. The number of carboxylic acids is 1. The molecule has 1 aromatic carbocycles. The second-order valence-electron chi connectivity index (χ2n) is 4.90. The van der Waals surface area contributed by atoms with Crippen LogP contribution in [0.5, 0.6) is 0 Å². The number of aliphatic carboxylic acids is 1. The molecule has 108 valence electrons. The molecule has 1 aromatic rings. The van der Waals surface area contributed by atoms with E-state index in [1.54, 1.807) is 0 Å². The quantitative estimate of drug-likeness (QED) is 0.785. The van der Waals surface area contributed by atoms with Gasteiger partial charge in [-0.2, -0.15) is 0 Å². The van der Waals surface area contributed by atoms with Crippen molar-refractivity contribution in [3.8, 4) is 0 Å². The Hall–Kier alpha value is -1.98. The van der Waals surface area contributed by atoms with Gasteiger partial charge in [-0.15, -0.1) is 0 Å². The van der Waals surface area contributed by atoms with Crippen molar-refractivity contribution < 1.29 is 23.5 Å². The van der Waals surface area contributed by atoms with Crippen molar-refractivity contribution in [3.05, 3.63) is 35.4 Å². The third-order valence-corrected chi connectivity index (χ3v) is 3.35. The molecule has 2 N–H and O–H groups in total. The average molecular weight is 283 g/mol. The van der Waals surface area contributed by atoms with Gasteiger partial charge in [-0.25, -0.2) is 8.78 Å². The molecule has 0 saturated heterocycles. The number of nitrogens with one attached hydrogen (secondary N) is 1. The molecule has 6 heteroatoms. The molecule has 0 unspecified atom stereocenters. The molecule has 2 atom stereocenters. The molecule has 0 bridgehead atoms. The van der Waals surface area contributed by atoms with E-state index in [1.165, 1.54) is 0 Å². The van der Waals surface area contributed by atoms with Crippen molar-refractivity contribution in [1.82, 2.24) is 5.32 Å². The van der Waals surface area contributed by atoms with E-state index in [-0.39, 0.29) is 36.3 Å². The number of carbonyl (C=O) groups is 2. The van der Waals surface area contributed by atoms with Gasteiger partial charge in [0.25, 0.3) is 0 Å². The summed E-state index contributed by atoms with van der Waals surface area (Å²) in [6, 6.07) is 3.23. The second-order valence-corrected chi connectivity index (χ2v) is 4.90. The first-order valence-electron chi connectivity index (χ1n) is 6.43. The van der Waals surface area contributed by atoms with Crippen LogP contribution in [0.4, 0.5) is 8.78 Å². The molecule has 1 fully saturated rings. The summed E-state index contributed by atoms with van der Waals surface area (Å²) in [5.41, 5.74) is 0.232. The SMILES string of the molecule is O=C(O)CCCNC(=O)[C@@H]1C[C@@H]1c1cc(F)ccc1F. The first-order valence-corrected chi connectivity index (χ1v) is 6.43. The summed E-state index contributed by atoms with van der Waals surface area (Å²) < 4.78 is 26.6. The molecule has 1 aliphatic carbocycles. The van der Waals surface area contributed by atoms with Gasteiger partial charge in [-0.05, 0) is 42.5 Å². The lowest BCUT2D eigenvalue weighted by atomic mass is 10.1. The zero-order valence-electron chi connectivity index (χ0n) is 10.7. The minimum atomic E-state index is -0.912. The van der Waals surface area contributed by atoms with Crippen molar-refractivity contribution in [2.45, 2.75) is 25.2 Å². The largest absolute Gasteiger partial charge is 0.481 e. The summed E-state index contributed by atoms with van der Waals surface area (Å²) in [5.74, 6) is -2.80. The average Bonchev–Trinajstić information content (AvgIpc) is 3.17. The molecule has 20 heavy (non-hydrogen) atoms. The van der Waals surface area contributed by atoms with Crippen LogP contribution in [0.3, 0.4) is 0 Å². The molecule has 1 saturated carbocycles. The molecule has 0 radical (unpaired) electrons. The first kappa shape index (κ1) is 14.4. The summed E-state index contributed by atoms with van der Waals surface area (Å²) in [4.78, 5) is 22.1. The fourth-order valence-corrected chi connectivity index (χ4v) is 2.21. The van der Waals surface area contributed by atoms with Crippen LogP contribution in [0.2, 0.25) is 0 Å². The minimum absolute atomic E-state index is 0.00704. The van der Waals surface area contributed by atoms with Crippen LogP contribution in [0.1, 0.15) is 30.7 Å². The van der Waals surface area contributed by atoms with Crippen LogP contribution in [0, 0.1) is 17.6 Å². The highest BCUT2D eigenvalue weighted by atomic mass is 19.1. The van der Waals surface area contributed by atoms with Gasteiger partial charge in [0, 0.05) is 18.9 Å². The van der Waals surface area contributed by atoms with Crippen LogP contribution in [-0.2, 0) is 9.59 Å². The Labute approximate surface area is 114 Å². The van der Waals surface area contributed by atoms with Crippen LogP contribution in [-0.4, -0.2) is 23.5 Å². The zero-order chi connectivity index (χ0) is 14.7. The third kappa shape index (κ3) is 3.53. The number of hydrogen-bond acceptors (Lipinski definition) is 2. The van der Waals surface area contributed by atoms with Gasteiger partial charge in [0.15, 0.2) is 0 Å². The van der Waals surface area contributed by atoms with E-state index >= 15 is 0 Å². The minimum Gasteiger partial charge on any atom is -0.481 e.